The van der Waals surface area contributed by atoms with Gasteiger partial charge < -0.3 is 24.7 Å². The Morgan fingerprint density at radius 2 is 1.76 bits per heavy atom. The number of aliphatic carboxylic acids is 1. The number of nitrogens with zero attached hydrogens (tertiary/aromatic N) is 3. The van der Waals surface area contributed by atoms with E-state index in [2.05, 4.69) is 4.98 Å². The first-order valence-corrected chi connectivity index (χ1v) is 15.5. The van der Waals surface area contributed by atoms with E-state index in [0.717, 1.165) is 12.1 Å². The van der Waals surface area contributed by atoms with Crippen molar-refractivity contribution in [3.05, 3.63) is 59.4 Å². The maximum Gasteiger partial charge on any atom is 0.418 e. The number of rotatable bonds is 10. The summed E-state index contributed by atoms with van der Waals surface area (Å²) in [6.45, 7) is 6.03. The van der Waals surface area contributed by atoms with Gasteiger partial charge in [-0.1, -0.05) is 31.5 Å². The lowest BCUT2D eigenvalue weighted by molar-refractivity contribution is -0.147. The number of alkyl halides is 3. The normalized spacial score (nSPS) is 20.5. The standard InChI is InChI=1S/C33H42F3N3O6/c1-4-9-25-22(10-8-18-39(25)29(41)27-24(33(34,35)36)12-7-17-37-27)28(40)38-19-14-32(44,15-20-38)23-11-5-6-13-26(23)45-21-16-31(2,3)30(42)43/h5-7,11-13,17,22,25,44H,4,8-10,14-16,18-21H2,1-3H3,(H,42,43). The Hall–Kier alpha value is -3.67. The molecule has 1 aromatic carbocycles. The van der Waals surface area contributed by atoms with Gasteiger partial charge in [0.15, 0.2) is 0 Å². The molecule has 2 atom stereocenters. The summed E-state index contributed by atoms with van der Waals surface area (Å²) in [4.78, 5) is 45.7. The Morgan fingerprint density at radius 3 is 2.40 bits per heavy atom. The van der Waals surface area contributed by atoms with E-state index in [1.807, 2.05) is 6.92 Å². The number of carboxylic acid groups (broad SMARTS) is 1. The van der Waals surface area contributed by atoms with Crippen molar-refractivity contribution in [2.45, 2.75) is 83.5 Å². The zero-order valence-corrected chi connectivity index (χ0v) is 26.0. The number of carbonyl (C=O) groups is 3. The van der Waals surface area contributed by atoms with E-state index >= 15 is 0 Å². The highest BCUT2D eigenvalue weighted by Gasteiger charge is 2.45. The fraction of sp³-hybridized carbons (Fsp3) is 0.576. The predicted molar refractivity (Wildman–Crippen MR) is 159 cm³/mol. The maximum absolute atomic E-state index is 13.9. The molecule has 0 aliphatic carbocycles. The van der Waals surface area contributed by atoms with Gasteiger partial charge in [-0.25, -0.2) is 0 Å². The third kappa shape index (κ3) is 7.59. The third-order valence-electron chi connectivity index (χ3n) is 9.11. The molecular formula is C33H42F3N3O6. The van der Waals surface area contributed by atoms with Crippen LogP contribution in [0.25, 0.3) is 0 Å². The molecule has 4 rings (SSSR count). The Kier molecular flexibility index (Phi) is 10.5. The molecule has 2 amide bonds. The number of benzene rings is 1. The van der Waals surface area contributed by atoms with Gasteiger partial charge in [0.2, 0.25) is 5.91 Å². The molecule has 3 heterocycles. The summed E-state index contributed by atoms with van der Waals surface area (Å²) in [5.74, 6) is -2.05. The Bertz CT molecular complexity index is 1370. The molecule has 0 spiro atoms. The average molecular weight is 634 g/mol. The Morgan fingerprint density at radius 1 is 1.07 bits per heavy atom. The number of likely N-dealkylation sites (tertiary alicyclic amines) is 2. The minimum absolute atomic E-state index is 0.148. The number of amides is 2. The lowest BCUT2D eigenvalue weighted by Gasteiger charge is -2.45. The minimum atomic E-state index is -4.74. The number of para-hydroxylation sites is 1. The lowest BCUT2D eigenvalue weighted by Crippen LogP contribution is -2.55. The number of ether oxygens (including phenoxy) is 1. The van der Waals surface area contributed by atoms with Crippen LogP contribution in [0.4, 0.5) is 13.2 Å². The fourth-order valence-electron chi connectivity index (χ4n) is 6.29. The van der Waals surface area contributed by atoms with Crippen molar-refractivity contribution >= 4 is 17.8 Å². The number of carbonyl (C=O) groups excluding carboxylic acids is 2. The summed E-state index contributed by atoms with van der Waals surface area (Å²) in [7, 11) is 0. The van der Waals surface area contributed by atoms with E-state index in [0.29, 0.717) is 37.0 Å². The summed E-state index contributed by atoms with van der Waals surface area (Å²) < 4.78 is 47.0. The van der Waals surface area contributed by atoms with Gasteiger partial charge >= 0.3 is 12.1 Å². The van der Waals surface area contributed by atoms with Gasteiger partial charge in [-0.2, -0.15) is 13.2 Å². The largest absolute Gasteiger partial charge is 0.493 e. The smallest absolute Gasteiger partial charge is 0.418 e. The van der Waals surface area contributed by atoms with Crippen LogP contribution in [0.15, 0.2) is 42.6 Å². The van der Waals surface area contributed by atoms with E-state index in [1.165, 1.54) is 11.1 Å². The molecule has 1 aromatic heterocycles. The summed E-state index contributed by atoms with van der Waals surface area (Å²) in [5, 5.41) is 21.1. The second kappa shape index (κ2) is 13.8. The first-order chi connectivity index (χ1) is 21.2. The van der Waals surface area contributed by atoms with Crippen molar-refractivity contribution < 1.29 is 42.5 Å². The molecule has 2 saturated heterocycles. The Labute approximate surface area is 261 Å². The fourth-order valence-corrected chi connectivity index (χ4v) is 6.29. The molecule has 2 N–H and O–H groups in total. The topological polar surface area (TPSA) is 120 Å². The molecule has 12 heteroatoms. The van der Waals surface area contributed by atoms with Crippen LogP contribution >= 0.6 is 0 Å². The van der Waals surface area contributed by atoms with Gasteiger partial charge in [0, 0.05) is 37.4 Å². The van der Waals surface area contributed by atoms with E-state index in [9.17, 15) is 37.8 Å². The number of pyridine rings is 1. The third-order valence-corrected chi connectivity index (χ3v) is 9.11. The monoisotopic (exact) mass is 633 g/mol. The number of hydrogen-bond acceptors (Lipinski definition) is 6. The number of hydrogen-bond donors (Lipinski definition) is 2. The molecule has 0 radical (unpaired) electrons. The molecule has 9 nitrogen and oxygen atoms in total. The summed E-state index contributed by atoms with van der Waals surface area (Å²) in [6, 6.07) is 8.47. The number of carboxylic acids is 1. The summed E-state index contributed by atoms with van der Waals surface area (Å²) in [6.07, 6.45) is -0.776. The highest BCUT2D eigenvalue weighted by atomic mass is 19.4. The SMILES string of the molecule is CCCC1C(C(=O)N2CCC(O)(c3ccccc3OCCC(C)(C)C(=O)O)CC2)CCCN1C(=O)c1ncccc1C(F)(F)F. The van der Waals surface area contributed by atoms with Crippen molar-refractivity contribution in [2.24, 2.45) is 11.3 Å². The zero-order valence-electron chi connectivity index (χ0n) is 26.0. The molecular weight excluding hydrogens is 591 g/mol. The van der Waals surface area contributed by atoms with Crippen LogP contribution in [0.3, 0.4) is 0 Å². The first kappa shape index (κ1) is 34.2. The predicted octanol–water partition coefficient (Wildman–Crippen LogP) is 5.51. The number of piperidine rings is 2. The van der Waals surface area contributed by atoms with Crippen molar-refractivity contribution in [1.82, 2.24) is 14.8 Å². The zero-order chi connectivity index (χ0) is 33.0. The van der Waals surface area contributed by atoms with Crippen LogP contribution in [0.2, 0.25) is 0 Å². The quantitative estimate of drug-likeness (QED) is 0.354. The number of aromatic nitrogens is 1. The van der Waals surface area contributed by atoms with Gasteiger partial charge in [-0.15, -0.1) is 0 Å². The minimum Gasteiger partial charge on any atom is -0.493 e. The van der Waals surface area contributed by atoms with Gasteiger partial charge in [0.25, 0.3) is 5.91 Å². The van der Waals surface area contributed by atoms with Crippen LogP contribution in [-0.2, 0) is 21.4 Å². The highest BCUT2D eigenvalue weighted by molar-refractivity contribution is 5.95. The number of halogens is 3. The van der Waals surface area contributed by atoms with E-state index < -0.39 is 52.3 Å². The van der Waals surface area contributed by atoms with Crippen molar-refractivity contribution in [3.63, 3.8) is 0 Å². The van der Waals surface area contributed by atoms with Crippen molar-refractivity contribution in [1.29, 1.82) is 0 Å². The summed E-state index contributed by atoms with van der Waals surface area (Å²) >= 11 is 0. The van der Waals surface area contributed by atoms with Crippen LogP contribution in [0.1, 0.15) is 87.3 Å². The Balaban J connectivity index is 1.47. The molecule has 2 aromatic rings. The van der Waals surface area contributed by atoms with Crippen LogP contribution in [0.5, 0.6) is 5.75 Å². The molecule has 2 aliphatic heterocycles. The van der Waals surface area contributed by atoms with Gasteiger partial charge in [0.1, 0.15) is 11.4 Å². The average Bonchev–Trinajstić information content (AvgIpc) is 3.00. The van der Waals surface area contributed by atoms with Crippen LogP contribution < -0.4 is 4.74 Å². The van der Waals surface area contributed by atoms with E-state index in [-0.39, 0.29) is 51.4 Å². The highest BCUT2D eigenvalue weighted by Crippen LogP contribution is 2.40. The second-order valence-electron chi connectivity index (χ2n) is 12.6. The molecule has 2 fully saturated rings. The first-order valence-electron chi connectivity index (χ1n) is 15.5. The molecule has 2 unspecified atom stereocenters. The maximum atomic E-state index is 13.9. The second-order valence-corrected chi connectivity index (χ2v) is 12.6. The molecule has 246 valence electrons. The van der Waals surface area contributed by atoms with Crippen molar-refractivity contribution in [3.8, 4) is 5.75 Å². The number of aliphatic hydroxyl groups is 1. The molecule has 2 aliphatic rings. The van der Waals surface area contributed by atoms with E-state index in [4.69, 9.17) is 4.74 Å². The van der Waals surface area contributed by atoms with E-state index in [1.54, 1.807) is 43.0 Å². The van der Waals surface area contributed by atoms with Gasteiger partial charge in [0.05, 0.1) is 29.1 Å². The van der Waals surface area contributed by atoms with Crippen molar-refractivity contribution in [2.75, 3.05) is 26.2 Å². The molecule has 0 bridgehead atoms. The lowest BCUT2D eigenvalue weighted by atomic mass is 9.81. The molecule has 0 saturated carbocycles. The van der Waals surface area contributed by atoms with Crippen LogP contribution in [0, 0.1) is 11.3 Å². The summed E-state index contributed by atoms with van der Waals surface area (Å²) in [5.41, 5.74) is -3.43. The van der Waals surface area contributed by atoms with Gasteiger partial charge in [-0.3, -0.25) is 19.4 Å². The molecule has 45 heavy (non-hydrogen) atoms. The van der Waals surface area contributed by atoms with Crippen LogP contribution in [-0.4, -0.2) is 75.1 Å². The van der Waals surface area contributed by atoms with Gasteiger partial charge in [-0.05, 0) is 70.6 Å².